The molecule has 0 bridgehead atoms. The smallest absolute Gasteiger partial charge is 0.0272 e. The molecule has 2 N–H and O–H groups in total. The molecule has 0 aromatic heterocycles. The van der Waals surface area contributed by atoms with Crippen molar-refractivity contribution in [3.05, 3.63) is 90.5 Å². The van der Waals surface area contributed by atoms with Crippen LogP contribution in [0.5, 0.6) is 0 Å². The number of benzene rings is 3. The van der Waals surface area contributed by atoms with Gasteiger partial charge in [-0.25, -0.2) is 0 Å². The van der Waals surface area contributed by atoms with Gasteiger partial charge in [-0.2, -0.15) is 0 Å². The fraction of sp³-hybridized carbons (Fsp3) is 0.100. The second-order valence-electron chi connectivity index (χ2n) is 5.35. The van der Waals surface area contributed by atoms with E-state index in [2.05, 4.69) is 91.9 Å². The normalized spacial score (nSPS) is 12.3. The van der Waals surface area contributed by atoms with Crippen LogP contribution in [-0.4, -0.2) is 0 Å². The van der Waals surface area contributed by atoms with Crippen molar-refractivity contribution in [2.45, 2.75) is 13.0 Å². The minimum atomic E-state index is -0.579. The monoisotopic (exact) mass is 305 g/mol. The molecule has 0 amide bonds. The Kier molecular flexibility index (Phi) is 4.68. The van der Waals surface area contributed by atoms with Crippen LogP contribution in [0.4, 0.5) is 0 Å². The van der Waals surface area contributed by atoms with Gasteiger partial charge in [-0.3, -0.25) is 0 Å². The molecule has 0 aliphatic carbocycles. The van der Waals surface area contributed by atoms with Gasteiger partial charge in [0, 0.05) is 6.04 Å². The molecule has 0 heterocycles. The van der Waals surface area contributed by atoms with Crippen LogP contribution >= 0.6 is 7.92 Å². The molecule has 0 aliphatic heterocycles. The van der Waals surface area contributed by atoms with E-state index in [9.17, 15) is 0 Å². The zero-order chi connectivity index (χ0) is 15.4. The highest BCUT2D eigenvalue weighted by molar-refractivity contribution is 7.79. The largest absolute Gasteiger partial charge is 0.324 e. The lowest BCUT2D eigenvalue weighted by Crippen LogP contribution is -2.25. The summed E-state index contributed by atoms with van der Waals surface area (Å²) in [5.41, 5.74) is 7.46. The standard InChI is InChI=1S/C20H20NP/c1-16(21)19-14-8-9-15-20(19)22(17-10-4-2-5-11-17)18-12-6-3-7-13-18/h2-16H,21H2,1H3/t16-/m1/s1. The highest BCUT2D eigenvalue weighted by atomic mass is 31.1. The summed E-state index contributed by atoms with van der Waals surface area (Å²) in [6.07, 6.45) is 0. The molecular weight excluding hydrogens is 285 g/mol. The van der Waals surface area contributed by atoms with Gasteiger partial charge in [0.1, 0.15) is 0 Å². The Balaban J connectivity index is 2.19. The zero-order valence-electron chi connectivity index (χ0n) is 12.7. The molecule has 1 nitrogen and oxygen atoms in total. The van der Waals surface area contributed by atoms with Crippen LogP contribution < -0.4 is 21.6 Å². The first-order chi connectivity index (χ1) is 10.8. The zero-order valence-corrected chi connectivity index (χ0v) is 13.6. The van der Waals surface area contributed by atoms with E-state index in [1.165, 1.54) is 21.5 Å². The Bertz CT molecular complexity index is 683. The van der Waals surface area contributed by atoms with Crippen molar-refractivity contribution in [3.8, 4) is 0 Å². The summed E-state index contributed by atoms with van der Waals surface area (Å²) in [6.45, 7) is 2.06. The Labute approximate surface area is 133 Å². The van der Waals surface area contributed by atoms with Crippen molar-refractivity contribution < 1.29 is 0 Å². The van der Waals surface area contributed by atoms with E-state index in [-0.39, 0.29) is 6.04 Å². The third kappa shape index (κ3) is 3.11. The van der Waals surface area contributed by atoms with E-state index in [1.807, 2.05) is 0 Å². The SMILES string of the molecule is C[C@@H](N)c1ccccc1P(c1ccccc1)c1ccccc1. The number of hydrogen-bond acceptors (Lipinski definition) is 1. The first-order valence-corrected chi connectivity index (χ1v) is 8.86. The van der Waals surface area contributed by atoms with Gasteiger partial charge in [-0.1, -0.05) is 84.9 Å². The average molecular weight is 305 g/mol. The molecule has 0 saturated carbocycles. The van der Waals surface area contributed by atoms with Crippen LogP contribution in [-0.2, 0) is 0 Å². The fourth-order valence-electron chi connectivity index (χ4n) is 2.66. The third-order valence-corrected chi connectivity index (χ3v) is 6.22. The van der Waals surface area contributed by atoms with Crippen molar-refractivity contribution in [2.75, 3.05) is 0 Å². The molecule has 22 heavy (non-hydrogen) atoms. The van der Waals surface area contributed by atoms with Gasteiger partial charge < -0.3 is 5.73 Å². The lowest BCUT2D eigenvalue weighted by molar-refractivity contribution is 0.824. The maximum Gasteiger partial charge on any atom is 0.0272 e. The fourth-order valence-corrected chi connectivity index (χ4v) is 5.22. The Hall–Kier alpha value is -1.95. The quantitative estimate of drug-likeness (QED) is 0.734. The molecule has 2 heteroatoms. The number of hydrogen-bond donors (Lipinski definition) is 1. The van der Waals surface area contributed by atoms with Crippen molar-refractivity contribution >= 4 is 23.8 Å². The lowest BCUT2D eigenvalue weighted by Gasteiger charge is -2.23. The van der Waals surface area contributed by atoms with Gasteiger partial charge in [-0.05, 0) is 36.3 Å². The van der Waals surface area contributed by atoms with Gasteiger partial charge in [-0.15, -0.1) is 0 Å². The molecule has 0 radical (unpaired) electrons. The van der Waals surface area contributed by atoms with Crippen molar-refractivity contribution in [1.29, 1.82) is 0 Å². The van der Waals surface area contributed by atoms with Crippen molar-refractivity contribution in [1.82, 2.24) is 0 Å². The van der Waals surface area contributed by atoms with Gasteiger partial charge in [0.05, 0.1) is 0 Å². The van der Waals surface area contributed by atoms with Crippen LogP contribution in [0, 0.1) is 0 Å². The summed E-state index contributed by atoms with van der Waals surface area (Å²) in [4.78, 5) is 0. The lowest BCUT2D eigenvalue weighted by atomic mass is 10.1. The summed E-state index contributed by atoms with van der Waals surface area (Å²) < 4.78 is 0. The van der Waals surface area contributed by atoms with E-state index in [0.29, 0.717) is 0 Å². The summed E-state index contributed by atoms with van der Waals surface area (Å²) in [7, 11) is -0.579. The molecule has 3 aromatic carbocycles. The van der Waals surface area contributed by atoms with Gasteiger partial charge in [0.25, 0.3) is 0 Å². The minimum Gasteiger partial charge on any atom is -0.324 e. The van der Waals surface area contributed by atoms with Gasteiger partial charge >= 0.3 is 0 Å². The van der Waals surface area contributed by atoms with Crippen LogP contribution in [0.15, 0.2) is 84.9 Å². The molecule has 3 aromatic rings. The van der Waals surface area contributed by atoms with E-state index < -0.39 is 7.92 Å². The van der Waals surface area contributed by atoms with Crippen LogP contribution in [0.25, 0.3) is 0 Å². The summed E-state index contributed by atoms with van der Waals surface area (Å²) in [5, 5.41) is 4.07. The highest BCUT2D eigenvalue weighted by Gasteiger charge is 2.20. The predicted molar refractivity (Wildman–Crippen MR) is 97.8 cm³/mol. The second kappa shape index (κ2) is 6.87. The summed E-state index contributed by atoms with van der Waals surface area (Å²) in [6, 6.07) is 30.1. The van der Waals surface area contributed by atoms with Crippen molar-refractivity contribution in [3.63, 3.8) is 0 Å². The van der Waals surface area contributed by atoms with E-state index in [0.717, 1.165) is 0 Å². The number of rotatable bonds is 4. The Morgan fingerprint density at radius 2 is 1.14 bits per heavy atom. The molecule has 3 rings (SSSR count). The third-order valence-electron chi connectivity index (χ3n) is 3.70. The minimum absolute atomic E-state index is 0.0358. The Morgan fingerprint density at radius 3 is 1.64 bits per heavy atom. The van der Waals surface area contributed by atoms with Gasteiger partial charge in [0.15, 0.2) is 0 Å². The average Bonchev–Trinajstić information content (AvgIpc) is 2.57. The van der Waals surface area contributed by atoms with E-state index >= 15 is 0 Å². The van der Waals surface area contributed by atoms with E-state index in [1.54, 1.807) is 0 Å². The first-order valence-electron chi connectivity index (χ1n) is 7.52. The molecular formula is C20H20NP. The van der Waals surface area contributed by atoms with Crippen molar-refractivity contribution in [2.24, 2.45) is 5.73 Å². The van der Waals surface area contributed by atoms with E-state index in [4.69, 9.17) is 5.73 Å². The summed E-state index contributed by atoms with van der Waals surface area (Å²) >= 11 is 0. The molecule has 0 spiro atoms. The van der Waals surface area contributed by atoms with Crippen LogP contribution in [0.3, 0.4) is 0 Å². The molecule has 0 aliphatic rings. The topological polar surface area (TPSA) is 26.0 Å². The van der Waals surface area contributed by atoms with Crippen LogP contribution in [0.2, 0.25) is 0 Å². The maximum atomic E-state index is 6.22. The molecule has 110 valence electrons. The van der Waals surface area contributed by atoms with Crippen LogP contribution in [0.1, 0.15) is 18.5 Å². The molecule has 0 saturated heterocycles. The molecule has 0 fully saturated rings. The number of nitrogens with two attached hydrogens (primary N) is 1. The highest BCUT2D eigenvalue weighted by Crippen LogP contribution is 2.34. The Morgan fingerprint density at radius 1 is 0.682 bits per heavy atom. The predicted octanol–water partition coefficient (Wildman–Crippen LogP) is 3.46. The first kappa shape index (κ1) is 15.0. The molecule has 0 unspecified atom stereocenters. The molecule has 1 atom stereocenters. The maximum absolute atomic E-state index is 6.22. The summed E-state index contributed by atoms with van der Waals surface area (Å²) in [5.74, 6) is 0. The van der Waals surface area contributed by atoms with Gasteiger partial charge in [0.2, 0.25) is 0 Å². The second-order valence-corrected chi connectivity index (χ2v) is 7.54.